The smallest absolute Gasteiger partial charge is 0.268 e. The summed E-state index contributed by atoms with van der Waals surface area (Å²) in [4.78, 5) is 15.4. The molecule has 0 saturated carbocycles. The van der Waals surface area contributed by atoms with Gasteiger partial charge in [-0.05, 0) is 48.4 Å². The Balaban J connectivity index is 1.66. The predicted octanol–water partition coefficient (Wildman–Crippen LogP) is 4.24. The third-order valence-corrected chi connectivity index (χ3v) is 5.52. The molecule has 164 valence electrons. The molecule has 0 aliphatic rings. The van der Waals surface area contributed by atoms with Crippen LogP contribution in [0.5, 0.6) is 5.75 Å². The number of carbonyl (C=O) groups excluding carboxylic acids is 1. The molecule has 1 aromatic heterocycles. The number of aryl methyl sites for hydroxylation is 1. The maximum absolute atomic E-state index is 11.3. The summed E-state index contributed by atoms with van der Waals surface area (Å²) < 4.78 is 7.87. The Hall–Kier alpha value is -3.12. The molecule has 0 radical (unpaired) electrons. The molecule has 0 aliphatic carbocycles. The van der Waals surface area contributed by atoms with Gasteiger partial charge in [0.2, 0.25) is 0 Å². The lowest BCUT2D eigenvalue weighted by Crippen LogP contribution is -2.21. The van der Waals surface area contributed by atoms with E-state index in [9.17, 15) is 9.90 Å². The van der Waals surface area contributed by atoms with E-state index in [4.69, 9.17) is 10.5 Å². The van der Waals surface area contributed by atoms with Crippen molar-refractivity contribution < 1.29 is 14.6 Å². The fraction of sp³-hybridized carbons (Fsp3) is 0.360. The van der Waals surface area contributed by atoms with Crippen LogP contribution in [0.25, 0.3) is 0 Å². The Labute approximate surface area is 183 Å². The van der Waals surface area contributed by atoms with Crippen molar-refractivity contribution >= 4 is 5.91 Å². The minimum Gasteiger partial charge on any atom is -0.489 e. The Morgan fingerprint density at radius 1 is 1.13 bits per heavy atom. The van der Waals surface area contributed by atoms with Crippen LogP contribution >= 0.6 is 0 Å². The van der Waals surface area contributed by atoms with Crippen LogP contribution in [-0.2, 0) is 13.0 Å². The number of rotatable bonds is 10. The highest BCUT2D eigenvalue weighted by atomic mass is 16.5. The molecule has 1 heterocycles. The van der Waals surface area contributed by atoms with E-state index in [0.717, 1.165) is 16.9 Å². The fourth-order valence-electron chi connectivity index (χ4n) is 3.60. The molecule has 0 unspecified atom stereocenters. The minimum absolute atomic E-state index is 0.192. The van der Waals surface area contributed by atoms with Gasteiger partial charge in [0.05, 0.1) is 18.5 Å². The van der Waals surface area contributed by atoms with Crippen LogP contribution in [0.3, 0.4) is 0 Å². The molecule has 0 aliphatic heterocycles. The topological polar surface area (TPSA) is 90.4 Å². The van der Waals surface area contributed by atoms with Crippen LogP contribution in [0.15, 0.2) is 61.1 Å². The first-order valence-corrected chi connectivity index (χ1v) is 10.7. The van der Waals surface area contributed by atoms with E-state index < -0.39 is 12.0 Å². The quantitative estimate of drug-likeness (QED) is 0.512. The number of primary amides is 1. The Kier molecular flexibility index (Phi) is 7.47. The van der Waals surface area contributed by atoms with Crippen molar-refractivity contribution in [3.05, 3.63) is 83.4 Å². The summed E-state index contributed by atoms with van der Waals surface area (Å²) in [6, 6.07) is 16.2. The van der Waals surface area contributed by atoms with Gasteiger partial charge in [0.1, 0.15) is 18.1 Å². The number of carbonyl (C=O) groups is 1. The lowest BCUT2D eigenvalue weighted by Gasteiger charge is -2.22. The molecule has 6 nitrogen and oxygen atoms in total. The fourth-order valence-corrected chi connectivity index (χ4v) is 3.60. The van der Waals surface area contributed by atoms with Gasteiger partial charge >= 0.3 is 0 Å². The number of aliphatic hydroxyl groups is 1. The summed E-state index contributed by atoms with van der Waals surface area (Å²) in [5.41, 5.74) is 9.00. The molecule has 0 saturated heterocycles. The maximum Gasteiger partial charge on any atom is 0.268 e. The zero-order valence-corrected chi connectivity index (χ0v) is 18.4. The molecule has 1 amide bonds. The average Bonchev–Trinajstić information content (AvgIpc) is 3.23. The highest BCUT2D eigenvalue weighted by molar-refractivity contribution is 5.90. The second kappa shape index (κ2) is 10.3. The van der Waals surface area contributed by atoms with E-state index in [1.165, 1.54) is 5.56 Å². The molecular formula is C25H31N3O3. The van der Waals surface area contributed by atoms with E-state index in [1.807, 2.05) is 24.3 Å². The predicted molar refractivity (Wildman–Crippen MR) is 121 cm³/mol. The molecule has 3 N–H and O–H groups in total. The Morgan fingerprint density at radius 3 is 2.45 bits per heavy atom. The second-order valence-corrected chi connectivity index (χ2v) is 8.21. The Bertz CT molecular complexity index is 993. The molecule has 3 aromatic rings. The van der Waals surface area contributed by atoms with E-state index in [1.54, 1.807) is 24.0 Å². The number of nitrogens with zero attached hydrogens (tertiary/aromatic N) is 2. The Morgan fingerprint density at radius 2 is 1.84 bits per heavy atom. The molecule has 0 fully saturated rings. The summed E-state index contributed by atoms with van der Waals surface area (Å²) in [5, 5.41) is 10.3. The van der Waals surface area contributed by atoms with Gasteiger partial charge in [0.15, 0.2) is 0 Å². The van der Waals surface area contributed by atoms with Crippen LogP contribution in [0.2, 0.25) is 0 Å². The van der Waals surface area contributed by atoms with E-state index in [2.05, 4.69) is 43.1 Å². The molecule has 3 rings (SSSR count). The highest BCUT2D eigenvalue weighted by Gasteiger charge is 2.19. The van der Waals surface area contributed by atoms with E-state index >= 15 is 0 Å². The van der Waals surface area contributed by atoms with Crippen molar-refractivity contribution in [1.82, 2.24) is 9.55 Å². The van der Waals surface area contributed by atoms with E-state index in [-0.39, 0.29) is 11.7 Å². The summed E-state index contributed by atoms with van der Waals surface area (Å²) in [6.07, 6.45) is 3.89. The summed E-state index contributed by atoms with van der Waals surface area (Å²) >= 11 is 0. The number of hydrogen-bond acceptors (Lipinski definition) is 4. The molecule has 0 spiro atoms. The minimum atomic E-state index is -0.609. The monoisotopic (exact) mass is 421 g/mol. The van der Waals surface area contributed by atoms with E-state index in [0.29, 0.717) is 25.4 Å². The first-order valence-electron chi connectivity index (χ1n) is 10.7. The zero-order chi connectivity index (χ0) is 22.4. The number of ether oxygens (including phenoxy) is 1. The lowest BCUT2D eigenvalue weighted by molar-refractivity contribution is 0.0994. The van der Waals surface area contributed by atoms with Gasteiger partial charge < -0.3 is 20.1 Å². The van der Waals surface area contributed by atoms with Gasteiger partial charge in [0, 0.05) is 6.20 Å². The summed E-state index contributed by atoms with van der Waals surface area (Å²) in [7, 11) is 0. The number of amides is 1. The third-order valence-electron chi connectivity index (χ3n) is 5.52. The molecule has 2 atom stereocenters. The third kappa shape index (κ3) is 5.95. The maximum atomic E-state index is 11.3. The van der Waals surface area contributed by atoms with Gasteiger partial charge in [-0.3, -0.25) is 4.79 Å². The van der Waals surface area contributed by atoms with Crippen LogP contribution in [0, 0.1) is 0 Å². The second-order valence-electron chi connectivity index (χ2n) is 8.21. The van der Waals surface area contributed by atoms with Crippen molar-refractivity contribution in [2.75, 3.05) is 0 Å². The van der Waals surface area contributed by atoms with Gasteiger partial charge in [-0.1, -0.05) is 56.3 Å². The van der Waals surface area contributed by atoms with Gasteiger partial charge in [-0.25, -0.2) is 4.98 Å². The highest BCUT2D eigenvalue weighted by Crippen LogP contribution is 2.26. The van der Waals surface area contributed by atoms with Gasteiger partial charge in [0.25, 0.3) is 5.91 Å². The van der Waals surface area contributed by atoms with Crippen LogP contribution in [0.1, 0.15) is 66.3 Å². The lowest BCUT2D eigenvalue weighted by atomic mass is 10.0. The SMILES string of the molecule is CC(C)c1ccc(COc2ccccc2CC[C@H]([C@H](C)O)n2cnc(C(N)=O)c2)cc1. The van der Waals surface area contributed by atoms with Crippen LogP contribution < -0.4 is 10.5 Å². The van der Waals surface area contributed by atoms with Crippen LogP contribution in [0.4, 0.5) is 0 Å². The van der Waals surface area contributed by atoms with Crippen LogP contribution in [-0.4, -0.2) is 26.7 Å². The average molecular weight is 422 g/mol. The first-order chi connectivity index (χ1) is 14.8. The van der Waals surface area contributed by atoms with Gasteiger partial charge in [-0.15, -0.1) is 0 Å². The number of imidazole rings is 1. The molecule has 0 bridgehead atoms. The summed E-state index contributed by atoms with van der Waals surface area (Å²) in [6.45, 7) is 6.60. The van der Waals surface area contributed by atoms with Crippen molar-refractivity contribution in [3.63, 3.8) is 0 Å². The van der Waals surface area contributed by atoms with Crippen molar-refractivity contribution in [2.45, 2.75) is 58.3 Å². The van der Waals surface area contributed by atoms with Gasteiger partial charge in [-0.2, -0.15) is 0 Å². The largest absolute Gasteiger partial charge is 0.489 e. The number of para-hydroxylation sites is 1. The normalized spacial score (nSPS) is 13.2. The number of hydrogen-bond donors (Lipinski definition) is 2. The molecule has 31 heavy (non-hydrogen) atoms. The zero-order valence-electron chi connectivity index (χ0n) is 18.4. The number of nitrogens with two attached hydrogens (primary N) is 1. The first kappa shape index (κ1) is 22.6. The number of aromatic nitrogens is 2. The van der Waals surface area contributed by atoms with Crippen molar-refractivity contribution in [1.29, 1.82) is 0 Å². The number of aliphatic hydroxyl groups excluding tert-OH is 1. The number of benzene rings is 2. The molecular weight excluding hydrogens is 390 g/mol. The van der Waals surface area contributed by atoms with Crippen molar-refractivity contribution in [2.24, 2.45) is 5.73 Å². The molecule has 6 heteroatoms. The molecule has 2 aromatic carbocycles. The summed E-state index contributed by atoms with van der Waals surface area (Å²) in [5.74, 6) is 0.763. The van der Waals surface area contributed by atoms with Crippen molar-refractivity contribution in [3.8, 4) is 5.75 Å². The standard InChI is InChI=1S/C25H31N3O3/c1-17(2)20-10-8-19(9-11-20)15-31-24-7-5-4-6-21(24)12-13-23(18(3)29)28-14-22(25(26)30)27-16-28/h4-11,14,16-18,23,29H,12-13,15H2,1-3H3,(H2,26,30)/t18-,23+/m0/s1.